The first-order valence-corrected chi connectivity index (χ1v) is 7.50. The molecule has 0 aliphatic heterocycles. The van der Waals surface area contributed by atoms with Gasteiger partial charge in [-0.15, -0.1) is 0 Å². The van der Waals surface area contributed by atoms with Crippen LogP contribution < -0.4 is 0 Å². The summed E-state index contributed by atoms with van der Waals surface area (Å²) in [4.78, 5) is 0.310. The highest BCUT2D eigenvalue weighted by atomic mass is 79.9. The highest BCUT2D eigenvalue weighted by molar-refractivity contribution is 9.09. The zero-order valence-electron chi connectivity index (χ0n) is 11.1. The van der Waals surface area contributed by atoms with Gasteiger partial charge in [0.25, 0.3) is 0 Å². The molecular weight excluding hydrogens is 303 g/mol. The second-order valence-corrected chi connectivity index (χ2v) is 6.22. The maximum Gasteiger partial charge on any atom is 0.126 e. The van der Waals surface area contributed by atoms with Crippen LogP contribution in [0.4, 0.5) is 4.39 Å². The third kappa shape index (κ3) is 4.46. The van der Waals surface area contributed by atoms with Gasteiger partial charge in [-0.05, 0) is 43.4 Å². The SMILES string of the molecule is Cc1cccc(CCC(Br)Cc2ccccc2F)c1. The Bertz CT molecular complexity index is 536. The van der Waals surface area contributed by atoms with Gasteiger partial charge in [0, 0.05) is 4.83 Å². The van der Waals surface area contributed by atoms with E-state index in [0.29, 0.717) is 4.83 Å². The number of aryl methyl sites for hydroxylation is 2. The molecule has 2 aromatic carbocycles. The number of hydrogen-bond acceptors (Lipinski definition) is 0. The monoisotopic (exact) mass is 320 g/mol. The van der Waals surface area contributed by atoms with Crippen molar-refractivity contribution in [3.05, 3.63) is 71.0 Å². The van der Waals surface area contributed by atoms with E-state index in [0.717, 1.165) is 24.8 Å². The molecule has 0 nitrogen and oxygen atoms in total. The highest BCUT2D eigenvalue weighted by Gasteiger charge is 2.09. The molecule has 0 aliphatic rings. The van der Waals surface area contributed by atoms with Gasteiger partial charge in [-0.25, -0.2) is 4.39 Å². The predicted octanol–water partition coefficient (Wildman–Crippen LogP) is 5.07. The summed E-state index contributed by atoms with van der Waals surface area (Å²) in [5, 5.41) is 0. The third-order valence-electron chi connectivity index (χ3n) is 3.23. The van der Waals surface area contributed by atoms with Crippen LogP contribution in [0.3, 0.4) is 0 Å². The van der Waals surface area contributed by atoms with E-state index in [-0.39, 0.29) is 5.82 Å². The minimum Gasteiger partial charge on any atom is -0.207 e. The van der Waals surface area contributed by atoms with Crippen molar-refractivity contribution in [1.29, 1.82) is 0 Å². The molecule has 0 saturated heterocycles. The molecule has 0 N–H and O–H groups in total. The first-order chi connectivity index (χ1) is 9.15. The standard InChI is InChI=1S/C17H18BrF/c1-13-5-4-6-14(11-13)9-10-16(18)12-15-7-2-3-8-17(15)19/h2-8,11,16H,9-10,12H2,1H3. The summed E-state index contributed by atoms with van der Waals surface area (Å²) >= 11 is 3.66. The molecule has 1 unspecified atom stereocenters. The lowest BCUT2D eigenvalue weighted by atomic mass is 10.0. The Morgan fingerprint density at radius 1 is 1.11 bits per heavy atom. The largest absolute Gasteiger partial charge is 0.207 e. The van der Waals surface area contributed by atoms with Gasteiger partial charge in [-0.2, -0.15) is 0 Å². The Labute approximate surface area is 122 Å². The maximum atomic E-state index is 13.5. The highest BCUT2D eigenvalue weighted by Crippen LogP contribution is 2.18. The van der Waals surface area contributed by atoms with E-state index >= 15 is 0 Å². The van der Waals surface area contributed by atoms with Crippen molar-refractivity contribution in [2.45, 2.75) is 31.0 Å². The lowest BCUT2D eigenvalue weighted by molar-refractivity contribution is 0.603. The molecule has 0 fully saturated rings. The topological polar surface area (TPSA) is 0 Å². The van der Waals surface area contributed by atoms with Crippen LogP contribution in [0, 0.1) is 12.7 Å². The molecule has 100 valence electrons. The Balaban J connectivity index is 1.88. The zero-order valence-corrected chi connectivity index (χ0v) is 12.7. The summed E-state index contributed by atoms with van der Waals surface area (Å²) in [6.45, 7) is 2.11. The molecule has 0 bridgehead atoms. The molecule has 0 amide bonds. The molecule has 19 heavy (non-hydrogen) atoms. The fraction of sp³-hybridized carbons (Fsp3) is 0.294. The normalized spacial score (nSPS) is 12.4. The molecule has 0 radical (unpaired) electrons. The quantitative estimate of drug-likeness (QED) is 0.674. The van der Waals surface area contributed by atoms with E-state index in [4.69, 9.17) is 0 Å². The lowest BCUT2D eigenvalue weighted by Gasteiger charge is -2.11. The van der Waals surface area contributed by atoms with E-state index in [2.05, 4.69) is 47.1 Å². The van der Waals surface area contributed by atoms with Crippen molar-refractivity contribution >= 4 is 15.9 Å². The average Bonchev–Trinajstić information content (AvgIpc) is 2.39. The van der Waals surface area contributed by atoms with Crippen molar-refractivity contribution in [1.82, 2.24) is 0 Å². The number of benzene rings is 2. The van der Waals surface area contributed by atoms with Crippen LogP contribution in [-0.2, 0) is 12.8 Å². The minimum atomic E-state index is -0.109. The molecular formula is C17H18BrF. The summed E-state index contributed by atoms with van der Waals surface area (Å²) in [5.74, 6) is -0.109. The van der Waals surface area contributed by atoms with Gasteiger partial charge in [0.05, 0.1) is 0 Å². The van der Waals surface area contributed by atoms with Crippen molar-refractivity contribution in [2.75, 3.05) is 0 Å². The Morgan fingerprint density at radius 3 is 2.63 bits per heavy atom. The second kappa shape index (κ2) is 6.85. The maximum absolute atomic E-state index is 13.5. The van der Waals surface area contributed by atoms with Gasteiger partial charge in [0.1, 0.15) is 5.82 Å². The Hall–Kier alpha value is -1.15. The van der Waals surface area contributed by atoms with Crippen LogP contribution in [0.1, 0.15) is 23.1 Å². The number of halogens is 2. The van der Waals surface area contributed by atoms with Crippen molar-refractivity contribution < 1.29 is 4.39 Å². The summed E-state index contributed by atoms with van der Waals surface area (Å²) in [5.41, 5.74) is 3.42. The molecule has 0 aromatic heterocycles. The second-order valence-electron chi connectivity index (χ2n) is 4.92. The van der Waals surface area contributed by atoms with Crippen molar-refractivity contribution in [2.24, 2.45) is 0 Å². The summed E-state index contributed by atoms with van der Waals surface area (Å²) < 4.78 is 13.5. The molecule has 1 atom stereocenters. The minimum absolute atomic E-state index is 0.109. The number of alkyl halides is 1. The van der Waals surface area contributed by atoms with Gasteiger partial charge in [-0.1, -0.05) is 64.0 Å². The van der Waals surface area contributed by atoms with Crippen LogP contribution in [0.2, 0.25) is 0 Å². The summed E-state index contributed by atoms with van der Waals surface area (Å²) in [7, 11) is 0. The molecule has 2 heteroatoms. The molecule has 0 aliphatic carbocycles. The fourth-order valence-corrected chi connectivity index (χ4v) is 2.77. The van der Waals surface area contributed by atoms with Crippen LogP contribution >= 0.6 is 15.9 Å². The number of hydrogen-bond donors (Lipinski definition) is 0. The summed E-state index contributed by atoms with van der Waals surface area (Å²) in [6, 6.07) is 15.6. The molecule has 0 spiro atoms. The molecule has 0 heterocycles. The van der Waals surface area contributed by atoms with Crippen LogP contribution in [-0.4, -0.2) is 4.83 Å². The Morgan fingerprint density at radius 2 is 1.89 bits per heavy atom. The van der Waals surface area contributed by atoms with Crippen molar-refractivity contribution in [3.8, 4) is 0 Å². The lowest BCUT2D eigenvalue weighted by Crippen LogP contribution is -2.06. The van der Waals surface area contributed by atoms with Gasteiger partial charge >= 0.3 is 0 Å². The first-order valence-electron chi connectivity index (χ1n) is 6.58. The van der Waals surface area contributed by atoms with E-state index < -0.39 is 0 Å². The van der Waals surface area contributed by atoms with E-state index in [9.17, 15) is 4.39 Å². The zero-order chi connectivity index (χ0) is 13.7. The van der Waals surface area contributed by atoms with Crippen molar-refractivity contribution in [3.63, 3.8) is 0 Å². The van der Waals surface area contributed by atoms with Crippen LogP contribution in [0.5, 0.6) is 0 Å². The summed E-state index contributed by atoms with van der Waals surface area (Å²) in [6.07, 6.45) is 2.77. The van der Waals surface area contributed by atoms with Gasteiger partial charge < -0.3 is 0 Å². The Kier molecular flexibility index (Phi) is 5.15. The van der Waals surface area contributed by atoms with E-state index in [1.165, 1.54) is 17.2 Å². The van der Waals surface area contributed by atoms with Crippen LogP contribution in [0.15, 0.2) is 48.5 Å². The van der Waals surface area contributed by atoms with E-state index in [1.807, 2.05) is 12.1 Å². The fourth-order valence-electron chi connectivity index (χ4n) is 2.20. The van der Waals surface area contributed by atoms with Gasteiger partial charge in [-0.3, -0.25) is 0 Å². The molecule has 2 rings (SSSR count). The molecule has 2 aromatic rings. The predicted molar refractivity (Wildman–Crippen MR) is 82.3 cm³/mol. The average molecular weight is 321 g/mol. The smallest absolute Gasteiger partial charge is 0.126 e. The first kappa shape index (κ1) is 14.3. The number of rotatable bonds is 5. The molecule has 0 saturated carbocycles. The third-order valence-corrected chi connectivity index (χ3v) is 4.01. The van der Waals surface area contributed by atoms with Crippen LogP contribution in [0.25, 0.3) is 0 Å². The van der Waals surface area contributed by atoms with E-state index in [1.54, 1.807) is 6.07 Å². The van der Waals surface area contributed by atoms with Gasteiger partial charge in [0.15, 0.2) is 0 Å². The van der Waals surface area contributed by atoms with Gasteiger partial charge in [0.2, 0.25) is 0 Å².